The third-order valence-corrected chi connectivity index (χ3v) is 3.95. The molecule has 1 N–H and O–H groups in total. The number of benzene rings is 2. The number of ether oxygens (including phenoxy) is 2. The molecule has 0 fully saturated rings. The van der Waals surface area contributed by atoms with Gasteiger partial charge in [-0.25, -0.2) is 9.86 Å². The number of rotatable bonds is 7. The van der Waals surface area contributed by atoms with Gasteiger partial charge in [0.15, 0.2) is 0 Å². The Labute approximate surface area is 171 Å². The van der Waals surface area contributed by atoms with E-state index in [1.807, 2.05) is 30.3 Å². The minimum atomic E-state index is -0.960. The zero-order chi connectivity index (χ0) is 21.4. The normalized spacial score (nSPS) is 12.0. The SMILES string of the molecule is CON(C)C(=O)[C@H](NC(=O)OC(C)(C)C)c1ccc(OCc2ccccc2)cc1. The van der Waals surface area contributed by atoms with Crippen LogP contribution in [-0.2, 0) is 21.0 Å². The van der Waals surface area contributed by atoms with Gasteiger partial charge in [-0.2, -0.15) is 0 Å². The summed E-state index contributed by atoms with van der Waals surface area (Å²) in [4.78, 5) is 29.9. The van der Waals surface area contributed by atoms with Crippen LogP contribution in [-0.4, -0.2) is 36.8 Å². The van der Waals surface area contributed by atoms with Gasteiger partial charge in [-0.3, -0.25) is 9.63 Å². The highest BCUT2D eigenvalue weighted by Gasteiger charge is 2.28. The van der Waals surface area contributed by atoms with Gasteiger partial charge in [0.2, 0.25) is 0 Å². The summed E-state index contributed by atoms with van der Waals surface area (Å²) in [5, 5.41) is 3.67. The fourth-order valence-corrected chi connectivity index (χ4v) is 2.48. The highest BCUT2D eigenvalue weighted by Crippen LogP contribution is 2.21. The number of hydroxylamine groups is 2. The van der Waals surface area contributed by atoms with Gasteiger partial charge in [-0.1, -0.05) is 42.5 Å². The highest BCUT2D eigenvalue weighted by molar-refractivity contribution is 5.86. The fourth-order valence-electron chi connectivity index (χ4n) is 2.48. The number of nitrogens with one attached hydrogen (secondary N) is 1. The van der Waals surface area contributed by atoms with E-state index in [0.29, 0.717) is 17.9 Å². The van der Waals surface area contributed by atoms with Crippen molar-refractivity contribution in [3.05, 3.63) is 65.7 Å². The lowest BCUT2D eigenvalue weighted by atomic mass is 10.1. The number of nitrogens with zero attached hydrogens (tertiary/aromatic N) is 1. The summed E-state index contributed by atoms with van der Waals surface area (Å²) < 4.78 is 11.0. The topological polar surface area (TPSA) is 77.1 Å². The fraction of sp³-hybridized carbons (Fsp3) is 0.364. The second-order valence-electron chi connectivity index (χ2n) is 7.44. The number of amides is 2. The Balaban J connectivity index is 2.12. The summed E-state index contributed by atoms with van der Waals surface area (Å²) in [6, 6.07) is 15.8. The number of carbonyl (C=O) groups is 2. The Morgan fingerprint density at radius 1 is 1.03 bits per heavy atom. The third kappa shape index (κ3) is 7.12. The molecule has 0 radical (unpaired) electrons. The van der Waals surface area contributed by atoms with E-state index in [4.69, 9.17) is 14.3 Å². The van der Waals surface area contributed by atoms with Crippen LogP contribution in [0.25, 0.3) is 0 Å². The molecule has 0 aliphatic heterocycles. The van der Waals surface area contributed by atoms with Gasteiger partial charge in [0.25, 0.3) is 5.91 Å². The maximum absolute atomic E-state index is 12.7. The van der Waals surface area contributed by atoms with Gasteiger partial charge in [-0.15, -0.1) is 0 Å². The van der Waals surface area contributed by atoms with Gasteiger partial charge < -0.3 is 14.8 Å². The third-order valence-electron chi connectivity index (χ3n) is 3.95. The van der Waals surface area contributed by atoms with E-state index < -0.39 is 23.6 Å². The minimum Gasteiger partial charge on any atom is -0.489 e. The smallest absolute Gasteiger partial charge is 0.408 e. The van der Waals surface area contributed by atoms with Crippen LogP contribution in [0.1, 0.15) is 37.9 Å². The van der Waals surface area contributed by atoms with E-state index in [0.717, 1.165) is 10.6 Å². The molecule has 0 bridgehead atoms. The Bertz CT molecular complexity index is 800. The van der Waals surface area contributed by atoms with E-state index in [2.05, 4.69) is 5.32 Å². The Kier molecular flexibility index (Phi) is 7.61. The van der Waals surface area contributed by atoms with Crippen molar-refractivity contribution in [1.29, 1.82) is 0 Å². The average Bonchev–Trinajstić information content (AvgIpc) is 2.69. The van der Waals surface area contributed by atoms with Crippen LogP contribution in [0.2, 0.25) is 0 Å². The molecule has 2 aromatic rings. The molecule has 1 atom stereocenters. The van der Waals surface area contributed by atoms with Gasteiger partial charge >= 0.3 is 6.09 Å². The first-order valence-electron chi connectivity index (χ1n) is 9.27. The minimum absolute atomic E-state index is 0.434. The lowest BCUT2D eigenvalue weighted by Crippen LogP contribution is -2.42. The molecule has 0 aromatic heterocycles. The van der Waals surface area contributed by atoms with Crippen LogP contribution in [0.5, 0.6) is 5.75 Å². The summed E-state index contributed by atoms with van der Waals surface area (Å²) in [5.41, 5.74) is 0.953. The van der Waals surface area contributed by atoms with Crippen molar-refractivity contribution in [2.45, 2.75) is 39.0 Å². The average molecular weight is 400 g/mol. The summed E-state index contributed by atoms with van der Waals surface area (Å²) in [6.45, 7) is 5.70. The molecule has 0 unspecified atom stereocenters. The monoisotopic (exact) mass is 400 g/mol. The molecule has 0 aliphatic rings. The molecule has 2 amide bonds. The van der Waals surface area contributed by atoms with E-state index in [1.165, 1.54) is 14.2 Å². The van der Waals surface area contributed by atoms with Crippen molar-refractivity contribution < 1.29 is 23.9 Å². The molecule has 0 saturated heterocycles. The number of carbonyl (C=O) groups excluding carboxylic acids is 2. The van der Waals surface area contributed by atoms with Gasteiger partial charge in [0, 0.05) is 7.05 Å². The van der Waals surface area contributed by atoms with Crippen LogP contribution >= 0.6 is 0 Å². The van der Waals surface area contributed by atoms with Gasteiger partial charge in [0.1, 0.15) is 24.0 Å². The quantitative estimate of drug-likeness (QED) is 0.715. The summed E-state index contributed by atoms with van der Waals surface area (Å²) >= 11 is 0. The lowest BCUT2D eigenvalue weighted by Gasteiger charge is -2.25. The largest absolute Gasteiger partial charge is 0.489 e. The maximum atomic E-state index is 12.7. The molecule has 2 aromatic carbocycles. The van der Waals surface area contributed by atoms with Crippen molar-refractivity contribution in [2.75, 3.05) is 14.2 Å². The zero-order valence-corrected chi connectivity index (χ0v) is 17.5. The Morgan fingerprint density at radius 3 is 2.21 bits per heavy atom. The molecular weight excluding hydrogens is 372 g/mol. The van der Waals surface area contributed by atoms with E-state index in [9.17, 15) is 9.59 Å². The maximum Gasteiger partial charge on any atom is 0.408 e. The van der Waals surface area contributed by atoms with Gasteiger partial charge in [-0.05, 0) is 44.0 Å². The van der Waals surface area contributed by atoms with Gasteiger partial charge in [0.05, 0.1) is 7.11 Å². The van der Waals surface area contributed by atoms with Crippen molar-refractivity contribution in [3.63, 3.8) is 0 Å². The van der Waals surface area contributed by atoms with Crippen LogP contribution in [0, 0.1) is 0 Å². The zero-order valence-electron chi connectivity index (χ0n) is 17.5. The molecular formula is C22H28N2O5. The second kappa shape index (κ2) is 9.93. The number of hydrogen-bond acceptors (Lipinski definition) is 5. The van der Waals surface area contributed by atoms with E-state index >= 15 is 0 Å². The highest BCUT2D eigenvalue weighted by atomic mass is 16.7. The summed E-state index contributed by atoms with van der Waals surface area (Å²) in [6.07, 6.45) is -0.690. The standard InChI is InChI=1S/C22H28N2O5/c1-22(2,3)29-21(26)23-19(20(25)24(4)27-5)17-11-13-18(14-12-17)28-15-16-9-7-6-8-10-16/h6-14,19H,15H2,1-5H3,(H,23,26)/t19-/m1/s1. The number of alkyl carbamates (subject to hydrolysis) is 1. The molecule has 2 rings (SSSR count). The Hall–Kier alpha value is -3.06. The molecule has 0 saturated carbocycles. The van der Waals surface area contributed by atoms with Crippen molar-refractivity contribution in [2.24, 2.45) is 0 Å². The molecule has 156 valence electrons. The molecule has 7 heteroatoms. The number of hydrogen-bond donors (Lipinski definition) is 1. The Morgan fingerprint density at radius 2 is 1.66 bits per heavy atom. The molecule has 0 heterocycles. The van der Waals surface area contributed by atoms with Crippen molar-refractivity contribution in [1.82, 2.24) is 10.4 Å². The molecule has 29 heavy (non-hydrogen) atoms. The summed E-state index contributed by atoms with van der Waals surface area (Å²) in [7, 11) is 2.85. The molecule has 0 aliphatic carbocycles. The van der Waals surface area contributed by atoms with E-state index in [1.54, 1.807) is 45.0 Å². The first-order valence-corrected chi connectivity index (χ1v) is 9.27. The van der Waals surface area contributed by atoms with Crippen LogP contribution < -0.4 is 10.1 Å². The van der Waals surface area contributed by atoms with Crippen LogP contribution in [0.3, 0.4) is 0 Å². The summed E-state index contributed by atoms with van der Waals surface area (Å²) in [5.74, 6) is 0.220. The molecule has 7 nitrogen and oxygen atoms in total. The first kappa shape index (κ1) is 22.2. The lowest BCUT2D eigenvalue weighted by molar-refractivity contribution is -0.171. The van der Waals surface area contributed by atoms with Crippen LogP contribution in [0.4, 0.5) is 4.79 Å². The van der Waals surface area contributed by atoms with Crippen LogP contribution in [0.15, 0.2) is 54.6 Å². The molecule has 0 spiro atoms. The predicted molar refractivity (Wildman–Crippen MR) is 109 cm³/mol. The number of likely N-dealkylation sites (N-methyl/N-ethyl adjacent to an activating group) is 1. The van der Waals surface area contributed by atoms with Crippen molar-refractivity contribution >= 4 is 12.0 Å². The second-order valence-corrected chi connectivity index (χ2v) is 7.44. The predicted octanol–water partition coefficient (Wildman–Crippen LogP) is 3.85. The first-order chi connectivity index (χ1) is 13.7. The van der Waals surface area contributed by atoms with E-state index in [-0.39, 0.29) is 0 Å². The van der Waals surface area contributed by atoms with Crippen molar-refractivity contribution in [3.8, 4) is 5.75 Å².